The summed E-state index contributed by atoms with van der Waals surface area (Å²) in [5.74, 6) is -0.454. The van der Waals surface area contributed by atoms with Gasteiger partial charge in [-0.3, -0.25) is 4.79 Å². The number of carbonyl (C=O) groups excluding carboxylic acids is 2. The first kappa shape index (κ1) is 17.1. The van der Waals surface area contributed by atoms with Gasteiger partial charge in [0.15, 0.2) is 6.61 Å². The lowest BCUT2D eigenvalue weighted by atomic mass is 9.86. The molecular weight excluding hydrogens is 325 g/mol. The molecule has 4 nitrogen and oxygen atoms in total. The van der Waals surface area contributed by atoms with Crippen LogP contribution in [0.2, 0.25) is 10.0 Å². The van der Waals surface area contributed by atoms with Crippen molar-refractivity contribution >= 4 is 35.1 Å². The third kappa shape index (κ3) is 4.62. The fourth-order valence-electron chi connectivity index (χ4n) is 2.64. The van der Waals surface area contributed by atoms with E-state index in [0.717, 1.165) is 19.3 Å². The Kier molecular flexibility index (Phi) is 6.09. The molecule has 0 heterocycles. The zero-order chi connectivity index (χ0) is 16.1. The van der Waals surface area contributed by atoms with Gasteiger partial charge < -0.3 is 10.1 Å². The van der Waals surface area contributed by atoms with Crippen molar-refractivity contribution in [1.82, 2.24) is 5.32 Å². The summed E-state index contributed by atoms with van der Waals surface area (Å²) in [6.07, 6.45) is 4.42. The summed E-state index contributed by atoms with van der Waals surface area (Å²) in [5, 5.41) is 3.57. The van der Waals surface area contributed by atoms with Gasteiger partial charge in [-0.15, -0.1) is 0 Å². The normalized spacial score (nSPS) is 21.2. The van der Waals surface area contributed by atoms with Crippen LogP contribution in [-0.2, 0) is 9.53 Å². The maximum atomic E-state index is 11.9. The fraction of sp³-hybridized carbons (Fsp3) is 0.500. The summed E-state index contributed by atoms with van der Waals surface area (Å²) in [6.45, 7) is 1.82. The number of benzene rings is 1. The van der Waals surface area contributed by atoms with Crippen LogP contribution in [0.15, 0.2) is 18.2 Å². The molecule has 6 heteroatoms. The standard InChI is InChI=1S/C16H19Cl2NO3/c1-10-4-2-3-5-14(10)19-15(20)9-22-16(21)12-7-6-11(17)8-13(12)18/h6-8,10,14H,2-5,9H2,1H3,(H,19,20). The third-order valence-electron chi connectivity index (χ3n) is 3.94. The van der Waals surface area contributed by atoms with Crippen molar-refractivity contribution in [3.8, 4) is 0 Å². The number of carbonyl (C=O) groups is 2. The SMILES string of the molecule is CC1CCCCC1NC(=O)COC(=O)c1ccc(Cl)cc1Cl. The number of rotatable bonds is 4. The van der Waals surface area contributed by atoms with Gasteiger partial charge >= 0.3 is 5.97 Å². The molecule has 120 valence electrons. The minimum atomic E-state index is -0.631. The average Bonchev–Trinajstić information content (AvgIpc) is 2.47. The van der Waals surface area contributed by atoms with E-state index in [1.165, 1.54) is 18.6 Å². The lowest BCUT2D eigenvalue weighted by Gasteiger charge is -2.29. The van der Waals surface area contributed by atoms with Crippen molar-refractivity contribution in [1.29, 1.82) is 0 Å². The van der Waals surface area contributed by atoms with E-state index in [1.54, 1.807) is 6.07 Å². The van der Waals surface area contributed by atoms with Crippen LogP contribution < -0.4 is 5.32 Å². The molecule has 1 fully saturated rings. The van der Waals surface area contributed by atoms with Crippen molar-refractivity contribution in [2.75, 3.05) is 6.61 Å². The van der Waals surface area contributed by atoms with E-state index < -0.39 is 5.97 Å². The monoisotopic (exact) mass is 343 g/mol. The van der Waals surface area contributed by atoms with E-state index in [-0.39, 0.29) is 29.1 Å². The lowest BCUT2D eigenvalue weighted by molar-refractivity contribution is -0.125. The molecule has 2 rings (SSSR count). The van der Waals surface area contributed by atoms with E-state index in [1.807, 2.05) is 0 Å². The maximum Gasteiger partial charge on any atom is 0.340 e. The second kappa shape index (κ2) is 7.84. The minimum absolute atomic E-state index is 0.166. The van der Waals surface area contributed by atoms with Gasteiger partial charge in [-0.05, 0) is 37.0 Å². The fourth-order valence-corrected chi connectivity index (χ4v) is 3.13. The van der Waals surface area contributed by atoms with E-state index in [0.29, 0.717) is 10.9 Å². The van der Waals surface area contributed by atoms with E-state index in [4.69, 9.17) is 27.9 Å². The molecule has 0 aromatic heterocycles. The molecule has 0 saturated heterocycles. The largest absolute Gasteiger partial charge is 0.452 e. The Morgan fingerprint density at radius 3 is 2.68 bits per heavy atom. The van der Waals surface area contributed by atoms with Crippen LogP contribution in [0.25, 0.3) is 0 Å². The summed E-state index contributed by atoms with van der Waals surface area (Å²) in [7, 11) is 0. The van der Waals surface area contributed by atoms with E-state index in [9.17, 15) is 9.59 Å². The van der Waals surface area contributed by atoms with Gasteiger partial charge in [-0.1, -0.05) is 43.0 Å². The topological polar surface area (TPSA) is 55.4 Å². The Morgan fingerprint density at radius 1 is 1.27 bits per heavy atom. The molecule has 1 amide bonds. The average molecular weight is 344 g/mol. The Balaban J connectivity index is 1.84. The summed E-state index contributed by atoms with van der Waals surface area (Å²) < 4.78 is 5.01. The molecule has 0 radical (unpaired) electrons. The van der Waals surface area contributed by atoms with Gasteiger partial charge in [0, 0.05) is 11.1 Å². The Labute approximate surface area is 140 Å². The van der Waals surface area contributed by atoms with Crippen molar-refractivity contribution in [2.24, 2.45) is 5.92 Å². The Hall–Kier alpha value is -1.26. The first-order valence-electron chi connectivity index (χ1n) is 7.39. The number of halogens is 2. The molecule has 1 aromatic carbocycles. The van der Waals surface area contributed by atoms with Crippen LogP contribution in [0.5, 0.6) is 0 Å². The van der Waals surface area contributed by atoms with Gasteiger partial charge in [0.05, 0.1) is 10.6 Å². The van der Waals surface area contributed by atoms with Gasteiger partial charge in [-0.2, -0.15) is 0 Å². The molecule has 0 spiro atoms. The number of nitrogens with one attached hydrogen (secondary N) is 1. The van der Waals surface area contributed by atoms with Crippen LogP contribution >= 0.6 is 23.2 Å². The van der Waals surface area contributed by atoms with Gasteiger partial charge in [0.2, 0.25) is 0 Å². The summed E-state index contributed by atoms with van der Waals surface area (Å²) in [4.78, 5) is 23.8. The number of amides is 1. The zero-order valence-electron chi connectivity index (χ0n) is 12.4. The van der Waals surface area contributed by atoms with Crippen molar-refractivity contribution in [3.63, 3.8) is 0 Å². The zero-order valence-corrected chi connectivity index (χ0v) is 13.9. The first-order chi connectivity index (χ1) is 10.5. The summed E-state index contributed by atoms with van der Waals surface area (Å²) >= 11 is 11.7. The Morgan fingerprint density at radius 2 is 2.00 bits per heavy atom. The molecule has 0 aliphatic heterocycles. The molecule has 1 aromatic rings. The van der Waals surface area contributed by atoms with Crippen LogP contribution in [-0.4, -0.2) is 24.5 Å². The number of hydrogen-bond acceptors (Lipinski definition) is 3. The first-order valence-corrected chi connectivity index (χ1v) is 8.14. The van der Waals surface area contributed by atoms with Crippen molar-refractivity contribution < 1.29 is 14.3 Å². The molecule has 0 bridgehead atoms. The molecule has 1 aliphatic carbocycles. The highest BCUT2D eigenvalue weighted by Crippen LogP contribution is 2.24. The van der Waals surface area contributed by atoms with Gasteiger partial charge in [0.25, 0.3) is 5.91 Å². The molecule has 1 saturated carbocycles. The molecule has 1 N–H and O–H groups in total. The van der Waals surface area contributed by atoms with Crippen LogP contribution in [0.4, 0.5) is 0 Å². The highest BCUT2D eigenvalue weighted by atomic mass is 35.5. The smallest absolute Gasteiger partial charge is 0.340 e. The molecule has 1 aliphatic rings. The lowest BCUT2D eigenvalue weighted by Crippen LogP contribution is -2.42. The minimum Gasteiger partial charge on any atom is -0.452 e. The van der Waals surface area contributed by atoms with Gasteiger partial charge in [0.1, 0.15) is 0 Å². The van der Waals surface area contributed by atoms with E-state index in [2.05, 4.69) is 12.2 Å². The van der Waals surface area contributed by atoms with Crippen LogP contribution in [0, 0.1) is 5.92 Å². The number of hydrogen-bond donors (Lipinski definition) is 1. The second-order valence-corrected chi connectivity index (χ2v) is 6.48. The quantitative estimate of drug-likeness (QED) is 0.845. The summed E-state index contributed by atoms with van der Waals surface area (Å²) in [5.41, 5.74) is 0.199. The molecular formula is C16H19Cl2NO3. The highest BCUT2D eigenvalue weighted by molar-refractivity contribution is 6.36. The predicted molar refractivity (Wildman–Crippen MR) is 86.3 cm³/mol. The Bertz CT molecular complexity index is 562. The molecule has 22 heavy (non-hydrogen) atoms. The maximum absolute atomic E-state index is 11.9. The molecule has 2 unspecified atom stereocenters. The number of esters is 1. The highest BCUT2D eigenvalue weighted by Gasteiger charge is 2.23. The van der Waals surface area contributed by atoms with Crippen LogP contribution in [0.3, 0.4) is 0 Å². The predicted octanol–water partition coefficient (Wildman–Crippen LogP) is 3.85. The van der Waals surface area contributed by atoms with E-state index >= 15 is 0 Å². The van der Waals surface area contributed by atoms with Gasteiger partial charge in [-0.25, -0.2) is 4.79 Å². The number of ether oxygens (including phenoxy) is 1. The van der Waals surface area contributed by atoms with Crippen LogP contribution in [0.1, 0.15) is 43.0 Å². The third-order valence-corrected chi connectivity index (χ3v) is 4.49. The van der Waals surface area contributed by atoms with Crippen molar-refractivity contribution in [2.45, 2.75) is 38.6 Å². The van der Waals surface area contributed by atoms with Crippen molar-refractivity contribution in [3.05, 3.63) is 33.8 Å². The second-order valence-electron chi connectivity index (χ2n) is 5.64. The molecule has 2 atom stereocenters. The summed E-state index contributed by atoms with van der Waals surface area (Å²) in [6, 6.07) is 4.66.